The zero-order valence-corrected chi connectivity index (χ0v) is 11.2. The van der Waals surface area contributed by atoms with Gasteiger partial charge in [0.1, 0.15) is 0 Å². The lowest BCUT2D eigenvalue weighted by Crippen LogP contribution is -2.41. The molecule has 0 spiro atoms. The van der Waals surface area contributed by atoms with Gasteiger partial charge in [-0.1, -0.05) is 33.1 Å². The Kier molecular flexibility index (Phi) is 6.56. The van der Waals surface area contributed by atoms with E-state index >= 15 is 0 Å². The molecule has 0 aromatic rings. The number of carbonyl (C=O) groups is 1. The number of rotatable bonds is 6. The molecule has 1 amide bonds. The van der Waals surface area contributed by atoms with Crippen LogP contribution < -0.4 is 5.32 Å². The molecule has 0 aliphatic heterocycles. The smallest absolute Gasteiger partial charge is 0.223 e. The first-order valence-electron chi connectivity index (χ1n) is 7.08. The van der Waals surface area contributed by atoms with Crippen LogP contribution in [0.3, 0.4) is 0 Å². The average Bonchev–Trinajstić information content (AvgIpc) is 2.36. The largest absolute Gasteiger partial charge is 0.396 e. The predicted molar refractivity (Wildman–Crippen MR) is 69.7 cm³/mol. The monoisotopic (exact) mass is 241 g/mol. The molecule has 1 fully saturated rings. The Bertz CT molecular complexity index is 230. The van der Waals surface area contributed by atoms with Gasteiger partial charge in [0, 0.05) is 18.6 Å². The van der Waals surface area contributed by atoms with Crippen molar-refractivity contribution in [3.8, 4) is 0 Å². The summed E-state index contributed by atoms with van der Waals surface area (Å²) in [6.07, 6.45) is 7.50. The third-order valence-corrected chi connectivity index (χ3v) is 3.83. The third kappa shape index (κ3) is 5.07. The van der Waals surface area contributed by atoms with E-state index in [2.05, 4.69) is 12.2 Å². The molecule has 2 N–H and O–H groups in total. The van der Waals surface area contributed by atoms with Crippen LogP contribution in [0.5, 0.6) is 0 Å². The van der Waals surface area contributed by atoms with Gasteiger partial charge >= 0.3 is 0 Å². The van der Waals surface area contributed by atoms with E-state index in [-0.39, 0.29) is 24.5 Å². The summed E-state index contributed by atoms with van der Waals surface area (Å²) in [5.41, 5.74) is 0. The molecule has 0 radical (unpaired) electrons. The van der Waals surface area contributed by atoms with Crippen LogP contribution in [0.1, 0.15) is 58.8 Å². The quantitative estimate of drug-likeness (QED) is 0.750. The second-order valence-corrected chi connectivity index (χ2v) is 5.46. The van der Waals surface area contributed by atoms with Gasteiger partial charge in [-0.2, -0.15) is 0 Å². The molecule has 1 saturated carbocycles. The number of nitrogens with one attached hydrogen (secondary N) is 1. The molecule has 1 aliphatic carbocycles. The summed E-state index contributed by atoms with van der Waals surface area (Å²) in [6.45, 7) is 4.42. The molecule has 1 aliphatic rings. The second-order valence-electron chi connectivity index (χ2n) is 5.46. The van der Waals surface area contributed by atoms with Crippen LogP contribution in [0.15, 0.2) is 0 Å². The van der Waals surface area contributed by atoms with Gasteiger partial charge in [-0.15, -0.1) is 0 Å². The second kappa shape index (κ2) is 7.70. The molecule has 0 heterocycles. The highest BCUT2D eigenvalue weighted by Gasteiger charge is 2.24. The van der Waals surface area contributed by atoms with Crippen molar-refractivity contribution >= 4 is 5.91 Å². The van der Waals surface area contributed by atoms with E-state index in [1.165, 1.54) is 0 Å². The predicted octanol–water partition coefficient (Wildman–Crippen LogP) is 2.48. The van der Waals surface area contributed by atoms with Gasteiger partial charge in [-0.25, -0.2) is 0 Å². The van der Waals surface area contributed by atoms with E-state index < -0.39 is 0 Å². The number of aliphatic hydroxyl groups excluding tert-OH is 1. The van der Waals surface area contributed by atoms with E-state index in [1.807, 2.05) is 6.92 Å². The van der Waals surface area contributed by atoms with Crippen molar-refractivity contribution in [2.45, 2.75) is 64.8 Å². The minimum Gasteiger partial charge on any atom is -0.396 e. The molecule has 3 nitrogen and oxygen atoms in total. The number of aliphatic hydroxyl groups is 1. The van der Waals surface area contributed by atoms with Crippen molar-refractivity contribution in [3.05, 3.63) is 0 Å². The fourth-order valence-corrected chi connectivity index (χ4v) is 2.57. The molecule has 1 rings (SSSR count). The highest BCUT2D eigenvalue weighted by molar-refractivity contribution is 5.78. The SMILES string of the molecule is CCCCC(C)C(=O)NC1CCCC(CO)C1. The minimum atomic E-state index is 0.129. The molecule has 3 heteroatoms. The molecule has 3 unspecified atom stereocenters. The first kappa shape index (κ1) is 14.5. The van der Waals surface area contributed by atoms with Crippen molar-refractivity contribution in [2.75, 3.05) is 6.61 Å². The third-order valence-electron chi connectivity index (χ3n) is 3.83. The van der Waals surface area contributed by atoms with Gasteiger partial charge in [0.05, 0.1) is 0 Å². The van der Waals surface area contributed by atoms with Gasteiger partial charge in [-0.05, 0) is 31.6 Å². The summed E-state index contributed by atoms with van der Waals surface area (Å²) < 4.78 is 0. The van der Waals surface area contributed by atoms with E-state index in [4.69, 9.17) is 5.11 Å². The van der Waals surface area contributed by atoms with Crippen LogP contribution in [-0.4, -0.2) is 23.7 Å². The molecule has 0 aromatic carbocycles. The standard InChI is InChI=1S/C14H27NO2/c1-3-4-6-11(2)14(17)15-13-8-5-7-12(9-13)10-16/h11-13,16H,3-10H2,1-2H3,(H,15,17). The summed E-state index contributed by atoms with van der Waals surface area (Å²) in [6, 6.07) is 0.289. The summed E-state index contributed by atoms with van der Waals surface area (Å²) in [5.74, 6) is 0.714. The summed E-state index contributed by atoms with van der Waals surface area (Å²) >= 11 is 0. The fraction of sp³-hybridized carbons (Fsp3) is 0.929. The highest BCUT2D eigenvalue weighted by Crippen LogP contribution is 2.24. The maximum atomic E-state index is 11.9. The Balaban J connectivity index is 2.29. The summed E-state index contributed by atoms with van der Waals surface area (Å²) in [5, 5.41) is 12.3. The number of unbranched alkanes of at least 4 members (excludes halogenated alkanes) is 1. The number of amides is 1. The Labute approximate surface area is 105 Å². The number of carbonyl (C=O) groups excluding carboxylic acids is 1. The van der Waals surface area contributed by atoms with Crippen LogP contribution >= 0.6 is 0 Å². The summed E-state index contributed by atoms with van der Waals surface area (Å²) in [4.78, 5) is 11.9. The van der Waals surface area contributed by atoms with E-state index in [9.17, 15) is 4.79 Å². The van der Waals surface area contributed by atoms with Gasteiger partial charge in [0.15, 0.2) is 0 Å². The maximum absolute atomic E-state index is 11.9. The van der Waals surface area contributed by atoms with Gasteiger partial charge in [-0.3, -0.25) is 4.79 Å². The van der Waals surface area contributed by atoms with E-state index in [1.54, 1.807) is 0 Å². The molecule has 17 heavy (non-hydrogen) atoms. The highest BCUT2D eigenvalue weighted by atomic mass is 16.3. The zero-order chi connectivity index (χ0) is 12.7. The molecule has 0 aromatic heterocycles. The lowest BCUT2D eigenvalue weighted by atomic mass is 9.86. The van der Waals surface area contributed by atoms with Crippen LogP contribution in [0.25, 0.3) is 0 Å². The Morgan fingerprint density at radius 2 is 2.24 bits per heavy atom. The Morgan fingerprint density at radius 3 is 2.88 bits per heavy atom. The number of hydrogen-bond acceptors (Lipinski definition) is 2. The first-order chi connectivity index (χ1) is 8.17. The lowest BCUT2D eigenvalue weighted by molar-refractivity contribution is -0.125. The molecular weight excluding hydrogens is 214 g/mol. The fourth-order valence-electron chi connectivity index (χ4n) is 2.57. The zero-order valence-electron chi connectivity index (χ0n) is 11.2. The van der Waals surface area contributed by atoms with E-state index in [0.717, 1.165) is 44.9 Å². The molecular formula is C14H27NO2. The molecule has 0 saturated heterocycles. The number of hydrogen-bond donors (Lipinski definition) is 2. The summed E-state index contributed by atoms with van der Waals surface area (Å²) in [7, 11) is 0. The van der Waals surface area contributed by atoms with E-state index in [0.29, 0.717) is 5.92 Å². The van der Waals surface area contributed by atoms with Crippen molar-refractivity contribution < 1.29 is 9.90 Å². The molecule has 0 bridgehead atoms. The Morgan fingerprint density at radius 1 is 1.47 bits per heavy atom. The molecule has 3 atom stereocenters. The molecule has 100 valence electrons. The van der Waals surface area contributed by atoms with Gasteiger partial charge < -0.3 is 10.4 Å². The normalized spacial score (nSPS) is 26.5. The van der Waals surface area contributed by atoms with Crippen molar-refractivity contribution in [1.82, 2.24) is 5.32 Å². The lowest BCUT2D eigenvalue weighted by Gasteiger charge is -2.29. The van der Waals surface area contributed by atoms with Crippen LogP contribution in [0.2, 0.25) is 0 Å². The van der Waals surface area contributed by atoms with Crippen LogP contribution in [-0.2, 0) is 4.79 Å². The van der Waals surface area contributed by atoms with Crippen molar-refractivity contribution in [2.24, 2.45) is 11.8 Å². The van der Waals surface area contributed by atoms with Crippen molar-refractivity contribution in [1.29, 1.82) is 0 Å². The van der Waals surface area contributed by atoms with Gasteiger partial charge in [0.25, 0.3) is 0 Å². The minimum absolute atomic E-state index is 0.129. The topological polar surface area (TPSA) is 49.3 Å². The van der Waals surface area contributed by atoms with Crippen LogP contribution in [0.4, 0.5) is 0 Å². The Hall–Kier alpha value is -0.570. The average molecular weight is 241 g/mol. The van der Waals surface area contributed by atoms with Gasteiger partial charge in [0.2, 0.25) is 5.91 Å². The van der Waals surface area contributed by atoms with Crippen LogP contribution in [0, 0.1) is 11.8 Å². The first-order valence-corrected chi connectivity index (χ1v) is 7.08. The maximum Gasteiger partial charge on any atom is 0.223 e. The van der Waals surface area contributed by atoms with Crippen molar-refractivity contribution in [3.63, 3.8) is 0 Å².